The van der Waals surface area contributed by atoms with Crippen LogP contribution in [0.1, 0.15) is 22.3 Å². The summed E-state index contributed by atoms with van der Waals surface area (Å²) in [6.07, 6.45) is 0. The molecule has 0 aromatic heterocycles. The molecule has 176 valence electrons. The van der Waals surface area contributed by atoms with Crippen molar-refractivity contribution in [1.82, 2.24) is 0 Å². The first-order valence-corrected chi connectivity index (χ1v) is 14.6. The van der Waals surface area contributed by atoms with Crippen molar-refractivity contribution in [1.29, 1.82) is 0 Å². The van der Waals surface area contributed by atoms with Gasteiger partial charge in [-0.3, -0.25) is 0 Å². The molecule has 5 heteroatoms. The minimum Gasteiger partial charge on any atom is -0.0843 e. The lowest BCUT2D eigenvalue weighted by Crippen LogP contribution is -2.29. The normalized spacial score (nSPS) is 9.84. The highest BCUT2D eigenvalue weighted by Crippen LogP contribution is 2.13. The first-order chi connectivity index (χ1) is 17.9. The van der Waals surface area contributed by atoms with Crippen LogP contribution in [0.4, 0.5) is 0 Å². The van der Waals surface area contributed by atoms with E-state index >= 15 is 0 Å². The minimum atomic E-state index is -3.16. The summed E-state index contributed by atoms with van der Waals surface area (Å²) in [5, 5.41) is 2.56. The molecular formula is C32H16Cl4Si. The van der Waals surface area contributed by atoms with Gasteiger partial charge >= 0.3 is 8.07 Å². The molecule has 0 aliphatic heterocycles. The Morgan fingerprint density at radius 3 is 0.703 bits per heavy atom. The third kappa shape index (κ3) is 8.26. The van der Waals surface area contributed by atoms with Crippen LogP contribution in [0.5, 0.6) is 0 Å². The summed E-state index contributed by atoms with van der Waals surface area (Å²) in [6.45, 7) is 0. The van der Waals surface area contributed by atoms with Gasteiger partial charge in [0, 0.05) is 42.3 Å². The molecule has 4 rings (SSSR count). The predicted octanol–water partition coefficient (Wildman–Crippen LogP) is 8.41. The Kier molecular flexibility index (Phi) is 9.07. The van der Waals surface area contributed by atoms with Crippen LogP contribution in [-0.2, 0) is 0 Å². The monoisotopic (exact) mass is 568 g/mol. The zero-order valence-corrected chi connectivity index (χ0v) is 23.3. The van der Waals surface area contributed by atoms with E-state index in [0.29, 0.717) is 20.1 Å². The Morgan fingerprint density at radius 2 is 0.514 bits per heavy atom. The summed E-state index contributed by atoms with van der Waals surface area (Å²) in [6, 6.07) is 29.3. The van der Waals surface area contributed by atoms with Gasteiger partial charge in [-0.1, -0.05) is 92.3 Å². The average Bonchev–Trinajstić information content (AvgIpc) is 2.91. The Bertz CT molecular complexity index is 1380. The third-order valence-electron chi connectivity index (χ3n) is 4.95. The van der Waals surface area contributed by atoms with E-state index in [1.807, 2.05) is 48.5 Å². The van der Waals surface area contributed by atoms with E-state index in [2.05, 4.69) is 45.9 Å². The molecule has 0 saturated heterocycles. The SMILES string of the molecule is Clc1ccc(C#C[Si](C#Cc2ccc(Cl)cc2)(C#Cc2ccc(Cl)cc2)C#Cc2ccc(Cl)cc2)cc1. The zero-order valence-electron chi connectivity index (χ0n) is 19.2. The van der Waals surface area contributed by atoms with E-state index in [1.54, 1.807) is 48.5 Å². The van der Waals surface area contributed by atoms with E-state index in [9.17, 15) is 0 Å². The van der Waals surface area contributed by atoms with Crippen LogP contribution >= 0.6 is 46.4 Å². The van der Waals surface area contributed by atoms with Gasteiger partial charge in [-0.25, -0.2) is 0 Å². The number of halogens is 4. The summed E-state index contributed by atoms with van der Waals surface area (Å²) >= 11 is 24.2. The largest absolute Gasteiger partial charge is 0.370 e. The van der Waals surface area contributed by atoms with Crippen LogP contribution in [0.25, 0.3) is 0 Å². The Balaban J connectivity index is 1.89. The van der Waals surface area contributed by atoms with Crippen molar-refractivity contribution < 1.29 is 0 Å². The standard InChI is InChI=1S/C32H16Cl4Si/c33-29-9-1-25(2-10-29)17-21-37(22-18-26-3-11-30(34)12-4-26,23-19-27-5-13-31(35)14-6-27)24-20-28-7-15-32(36)16-8-28/h1-16H. The molecule has 37 heavy (non-hydrogen) atoms. The number of rotatable bonds is 0. The molecule has 0 aliphatic rings. The smallest absolute Gasteiger partial charge is 0.0843 e. The topological polar surface area (TPSA) is 0 Å². The second kappa shape index (κ2) is 12.6. The lowest BCUT2D eigenvalue weighted by Gasteiger charge is -2.04. The van der Waals surface area contributed by atoms with Gasteiger partial charge in [0.05, 0.1) is 0 Å². The molecule has 0 aliphatic carbocycles. The van der Waals surface area contributed by atoms with Gasteiger partial charge in [0.1, 0.15) is 0 Å². The van der Waals surface area contributed by atoms with Gasteiger partial charge in [0.15, 0.2) is 0 Å². The molecule has 0 unspecified atom stereocenters. The molecule has 0 amide bonds. The highest BCUT2D eigenvalue weighted by molar-refractivity contribution is 7.06. The maximum atomic E-state index is 6.05. The van der Waals surface area contributed by atoms with Crippen molar-refractivity contribution in [2.24, 2.45) is 0 Å². The number of hydrogen-bond donors (Lipinski definition) is 0. The maximum absolute atomic E-state index is 6.05. The van der Waals surface area contributed by atoms with E-state index in [4.69, 9.17) is 46.4 Å². The quantitative estimate of drug-likeness (QED) is 0.147. The zero-order chi connectivity index (χ0) is 26.1. The summed E-state index contributed by atoms with van der Waals surface area (Å²) in [7, 11) is -3.16. The van der Waals surface area contributed by atoms with Crippen molar-refractivity contribution in [3.63, 3.8) is 0 Å². The minimum absolute atomic E-state index is 0.640. The fourth-order valence-corrected chi connectivity index (χ4v) is 5.19. The summed E-state index contributed by atoms with van der Waals surface area (Å²) in [4.78, 5) is 0. The molecule has 0 saturated carbocycles. The van der Waals surface area contributed by atoms with Crippen LogP contribution < -0.4 is 0 Å². The van der Waals surface area contributed by atoms with Crippen LogP contribution in [0.2, 0.25) is 20.1 Å². The van der Waals surface area contributed by atoms with Crippen LogP contribution in [0.3, 0.4) is 0 Å². The third-order valence-corrected chi connectivity index (χ3v) is 7.96. The Hall–Kier alpha value is -3.50. The van der Waals surface area contributed by atoms with Gasteiger partial charge in [0.2, 0.25) is 0 Å². The molecule has 0 atom stereocenters. The molecule has 0 heterocycles. The van der Waals surface area contributed by atoms with E-state index in [0.717, 1.165) is 22.3 Å². The number of benzene rings is 4. The molecular weight excluding hydrogens is 554 g/mol. The highest BCUT2D eigenvalue weighted by Gasteiger charge is 2.26. The second-order valence-electron chi connectivity index (χ2n) is 7.78. The van der Waals surface area contributed by atoms with Gasteiger partial charge in [-0.15, -0.1) is 0 Å². The van der Waals surface area contributed by atoms with Crippen LogP contribution in [0, 0.1) is 45.9 Å². The van der Waals surface area contributed by atoms with Gasteiger partial charge in [0.25, 0.3) is 0 Å². The van der Waals surface area contributed by atoms with Crippen LogP contribution in [-0.4, -0.2) is 8.07 Å². The van der Waals surface area contributed by atoms with E-state index in [-0.39, 0.29) is 0 Å². The summed E-state index contributed by atoms with van der Waals surface area (Å²) in [5.74, 6) is 12.9. The first kappa shape index (κ1) is 26.6. The molecule has 0 fully saturated rings. The molecule has 0 N–H and O–H groups in total. The average molecular weight is 570 g/mol. The van der Waals surface area contributed by atoms with Crippen molar-refractivity contribution in [3.8, 4) is 45.9 Å². The first-order valence-electron chi connectivity index (χ1n) is 11.0. The Labute approximate surface area is 238 Å². The highest BCUT2D eigenvalue weighted by atomic mass is 35.5. The molecule has 0 bridgehead atoms. The predicted molar refractivity (Wildman–Crippen MR) is 159 cm³/mol. The van der Waals surface area contributed by atoms with Crippen molar-refractivity contribution in [3.05, 3.63) is 139 Å². The summed E-state index contributed by atoms with van der Waals surface area (Å²) in [5.41, 5.74) is 16.7. The van der Waals surface area contributed by atoms with Gasteiger partial charge in [-0.05, 0) is 97.1 Å². The molecule has 0 nitrogen and oxygen atoms in total. The van der Waals surface area contributed by atoms with E-state index < -0.39 is 8.07 Å². The maximum Gasteiger partial charge on any atom is 0.370 e. The fraction of sp³-hybridized carbons (Fsp3) is 0. The van der Waals surface area contributed by atoms with Crippen molar-refractivity contribution in [2.45, 2.75) is 0 Å². The van der Waals surface area contributed by atoms with Gasteiger partial charge < -0.3 is 0 Å². The molecule has 0 spiro atoms. The lowest BCUT2D eigenvalue weighted by molar-refractivity contribution is 1.64. The number of hydrogen-bond acceptors (Lipinski definition) is 0. The van der Waals surface area contributed by atoms with Crippen molar-refractivity contribution >= 4 is 54.5 Å². The second-order valence-corrected chi connectivity index (χ2v) is 12.0. The molecule has 4 aromatic rings. The molecule has 0 radical (unpaired) electrons. The molecule has 4 aromatic carbocycles. The van der Waals surface area contributed by atoms with Crippen LogP contribution in [0.15, 0.2) is 97.1 Å². The Morgan fingerprint density at radius 1 is 0.324 bits per heavy atom. The van der Waals surface area contributed by atoms with E-state index in [1.165, 1.54) is 0 Å². The lowest BCUT2D eigenvalue weighted by atomic mass is 10.2. The van der Waals surface area contributed by atoms with Gasteiger partial charge in [-0.2, -0.15) is 0 Å². The summed E-state index contributed by atoms with van der Waals surface area (Å²) < 4.78 is 0. The van der Waals surface area contributed by atoms with Crippen molar-refractivity contribution in [2.75, 3.05) is 0 Å². The fourth-order valence-electron chi connectivity index (χ4n) is 2.98.